The molecule has 0 bridgehead atoms. The van der Waals surface area contributed by atoms with Crippen LogP contribution in [0.4, 0.5) is 0 Å². The monoisotopic (exact) mass is 406 g/mol. The Hall–Kier alpha value is -1.84. The lowest BCUT2D eigenvalue weighted by Gasteiger charge is -2.27. The van der Waals surface area contributed by atoms with Crippen LogP contribution in [0.25, 0.3) is 0 Å². The summed E-state index contributed by atoms with van der Waals surface area (Å²) >= 11 is 0. The number of methoxy groups -OCH3 is 1. The molecule has 2 N–H and O–H groups in total. The second-order valence-electron chi connectivity index (χ2n) is 10.1. The fourth-order valence-corrected chi connectivity index (χ4v) is 5.40. The first kappa shape index (κ1) is 21.4. The van der Waals surface area contributed by atoms with Crippen LogP contribution in [0.3, 0.4) is 0 Å². The van der Waals surface area contributed by atoms with Gasteiger partial charge in [-0.05, 0) is 41.4 Å². The van der Waals surface area contributed by atoms with E-state index in [1.165, 1.54) is 48.8 Å². The van der Waals surface area contributed by atoms with Gasteiger partial charge < -0.3 is 15.4 Å². The Morgan fingerprint density at radius 3 is 2.50 bits per heavy atom. The minimum atomic E-state index is 0.134. The van der Waals surface area contributed by atoms with Crippen LogP contribution < -0.4 is 15.4 Å². The molecular formula is C27H38N2O. The van der Waals surface area contributed by atoms with Crippen molar-refractivity contribution in [2.24, 2.45) is 5.92 Å². The molecule has 1 heterocycles. The van der Waals surface area contributed by atoms with Gasteiger partial charge >= 0.3 is 0 Å². The second-order valence-corrected chi connectivity index (χ2v) is 10.1. The Bertz CT molecular complexity index is 827. The van der Waals surface area contributed by atoms with Crippen molar-refractivity contribution in [1.82, 2.24) is 10.6 Å². The first-order valence-electron chi connectivity index (χ1n) is 11.7. The number of ether oxygens (including phenoxy) is 1. The summed E-state index contributed by atoms with van der Waals surface area (Å²) in [7, 11) is 1.78. The molecule has 0 aromatic heterocycles. The fourth-order valence-electron chi connectivity index (χ4n) is 5.40. The van der Waals surface area contributed by atoms with E-state index in [0.717, 1.165) is 12.3 Å². The van der Waals surface area contributed by atoms with Gasteiger partial charge in [-0.2, -0.15) is 0 Å². The summed E-state index contributed by atoms with van der Waals surface area (Å²) in [6.07, 6.45) is 6.70. The van der Waals surface area contributed by atoms with Crippen molar-refractivity contribution in [2.45, 2.75) is 83.0 Å². The predicted octanol–water partition coefficient (Wildman–Crippen LogP) is 5.74. The molecule has 4 atom stereocenters. The molecule has 0 spiro atoms. The predicted molar refractivity (Wildman–Crippen MR) is 125 cm³/mol. The maximum Gasteiger partial charge on any atom is 0.123 e. The SMILES string of the molecule is COc1ccc(C(C)(C)C)cc1CNC1C(c2ccccc2)NC2CCCCCC21. The molecular weight excluding hydrogens is 368 g/mol. The summed E-state index contributed by atoms with van der Waals surface area (Å²) in [6.45, 7) is 7.66. The highest BCUT2D eigenvalue weighted by Gasteiger charge is 2.43. The highest BCUT2D eigenvalue weighted by Crippen LogP contribution is 2.39. The molecule has 4 unspecified atom stereocenters. The number of rotatable bonds is 5. The van der Waals surface area contributed by atoms with Crippen molar-refractivity contribution in [3.05, 3.63) is 65.2 Å². The van der Waals surface area contributed by atoms with E-state index in [9.17, 15) is 0 Å². The summed E-state index contributed by atoms with van der Waals surface area (Å²) in [4.78, 5) is 0. The number of hydrogen-bond donors (Lipinski definition) is 2. The van der Waals surface area contributed by atoms with E-state index in [1.54, 1.807) is 7.11 Å². The molecule has 1 aliphatic heterocycles. The Morgan fingerprint density at radius 2 is 1.77 bits per heavy atom. The van der Waals surface area contributed by atoms with Crippen molar-refractivity contribution >= 4 is 0 Å². The molecule has 2 aliphatic rings. The van der Waals surface area contributed by atoms with Crippen molar-refractivity contribution < 1.29 is 4.74 Å². The Labute approximate surface area is 182 Å². The molecule has 162 valence electrons. The van der Waals surface area contributed by atoms with E-state index in [0.29, 0.717) is 24.0 Å². The van der Waals surface area contributed by atoms with Crippen LogP contribution in [0.2, 0.25) is 0 Å². The van der Waals surface area contributed by atoms with Gasteiger partial charge in [-0.25, -0.2) is 0 Å². The van der Waals surface area contributed by atoms with Crippen LogP contribution in [-0.2, 0) is 12.0 Å². The molecule has 3 nitrogen and oxygen atoms in total. The number of nitrogens with one attached hydrogen (secondary N) is 2. The van der Waals surface area contributed by atoms with Crippen molar-refractivity contribution in [1.29, 1.82) is 0 Å². The summed E-state index contributed by atoms with van der Waals surface area (Å²) in [5, 5.41) is 7.99. The first-order valence-corrected chi connectivity index (χ1v) is 11.7. The average Bonchev–Trinajstić information content (AvgIpc) is 2.92. The third-order valence-corrected chi connectivity index (χ3v) is 7.12. The van der Waals surface area contributed by atoms with Gasteiger partial charge in [0.1, 0.15) is 5.75 Å². The zero-order chi connectivity index (χ0) is 21.1. The Kier molecular flexibility index (Phi) is 6.50. The maximum absolute atomic E-state index is 5.71. The van der Waals surface area contributed by atoms with E-state index >= 15 is 0 Å². The summed E-state index contributed by atoms with van der Waals surface area (Å²) < 4.78 is 5.71. The third kappa shape index (κ3) is 4.58. The highest BCUT2D eigenvalue weighted by atomic mass is 16.5. The molecule has 0 amide bonds. The maximum atomic E-state index is 5.71. The van der Waals surface area contributed by atoms with Crippen LogP contribution in [0.15, 0.2) is 48.5 Å². The van der Waals surface area contributed by atoms with Crippen LogP contribution in [0.1, 0.15) is 75.6 Å². The van der Waals surface area contributed by atoms with Crippen molar-refractivity contribution in [3.8, 4) is 5.75 Å². The lowest BCUT2D eigenvalue weighted by Crippen LogP contribution is -2.38. The van der Waals surface area contributed by atoms with Crippen molar-refractivity contribution in [3.63, 3.8) is 0 Å². The molecule has 30 heavy (non-hydrogen) atoms. The standard InChI is InChI=1S/C27H38N2O/c1-27(2,3)21-15-16-24(30-4)20(17-21)18-28-26-22-13-9-6-10-14-23(22)29-25(26)19-11-7-5-8-12-19/h5,7-8,11-12,15-17,22-23,25-26,28-29H,6,9-10,13-14,18H2,1-4H3. The van der Waals surface area contributed by atoms with E-state index in [2.05, 4.69) is 79.9 Å². The largest absolute Gasteiger partial charge is 0.496 e. The molecule has 2 aromatic carbocycles. The van der Waals surface area contributed by atoms with Gasteiger partial charge in [0.25, 0.3) is 0 Å². The summed E-state index contributed by atoms with van der Waals surface area (Å²) in [6, 6.07) is 19.1. The number of benzene rings is 2. The smallest absolute Gasteiger partial charge is 0.123 e. The summed E-state index contributed by atoms with van der Waals surface area (Å²) in [5.74, 6) is 1.67. The number of fused-ring (bicyclic) bond motifs is 1. The van der Waals surface area contributed by atoms with Gasteiger partial charge in [0.15, 0.2) is 0 Å². The van der Waals surface area contributed by atoms with Crippen LogP contribution >= 0.6 is 0 Å². The van der Waals surface area contributed by atoms with Gasteiger partial charge in [-0.15, -0.1) is 0 Å². The fraction of sp³-hybridized carbons (Fsp3) is 0.556. The molecule has 1 aliphatic carbocycles. The van der Waals surface area contributed by atoms with Gasteiger partial charge in [0.05, 0.1) is 7.11 Å². The molecule has 0 radical (unpaired) electrons. The van der Waals surface area contributed by atoms with E-state index in [1.807, 2.05) is 0 Å². The van der Waals surface area contributed by atoms with E-state index in [4.69, 9.17) is 4.74 Å². The zero-order valence-electron chi connectivity index (χ0n) is 19.1. The molecule has 2 aromatic rings. The Morgan fingerprint density at radius 1 is 1.00 bits per heavy atom. The third-order valence-electron chi connectivity index (χ3n) is 7.12. The molecule has 4 rings (SSSR count). The van der Waals surface area contributed by atoms with Gasteiger partial charge in [-0.1, -0.05) is 82.5 Å². The quantitative estimate of drug-likeness (QED) is 0.664. The lowest BCUT2D eigenvalue weighted by molar-refractivity contribution is 0.337. The van der Waals surface area contributed by atoms with E-state index in [-0.39, 0.29) is 5.41 Å². The topological polar surface area (TPSA) is 33.3 Å². The minimum Gasteiger partial charge on any atom is -0.496 e. The average molecular weight is 407 g/mol. The van der Waals surface area contributed by atoms with Gasteiger partial charge in [0, 0.05) is 30.2 Å². The number of hydrogen-bond acceptors (Lipinski definition) is 3. The van der Waals surface area contributed by atoms with Crippen molar-refractivity contribution in [2.75, 3.05) is 7.11 Å². The Balaban J connectivity index is 1.59. The first-order chi connectivity index (χ1) is 14.5. The lowest BCUT2D eigenvalue weighted by atomic mass is 9.85. The zero-order valence-corrected chi connectivity index (χ0v) is 19.1. The molecule has 1 saturated heterocycles. The molecule has 1 saturated carbocycles. The van der Waals surface area contributed by atoms with E-state index < -0.39 is 0 Å². The minimum absolute atomic E-state index is 0.134. The van der Waals surface area contributed by atoms with Crippen LogP contribution in [0, 0.1) is 5.92 Å². The van der Waals surface area contributed by atoms with Gasteiger partial charge in [-0.3, -0.25) is 0 Å². The molecule has 2 fully saturated rings. The molecule has 3 heteroatoms. The summed E-state index contributed by atoms with van der Waals surface area (Å²) in [5.41, 5.74) is 4.15. The van der Waals surface area contributed by atoms with Crippen LogP contribution in [0.5, 0.6) is 5.75 Å². The normalized spacial score (nSPS) is 26.8. The van der Waals surface area contributed by atoms with Crippen LogP contribution in [-0.4, -0.2) is 19.2 Å². The van der Waals surface area contributed by atoms with Gasteiger partial charge in [0.2, 0.25) is 0 Å². The highest BCUT2D eigenvalue weighted by molar-refractivity contribution is 5.40. The second kappa shape index (κ2) is 9.11.